The maximum Gasteiger partial charge on any atom is 0.257 e. The molecule has 1 aromatic heterocycles. The molecule has 1 aliphatic heterocycles. The van der Waals surface area contributed by atoms with Crippen molar-refractivity contribution < 1.29 is 17.9 Å². The maximum atomic E-state index is 12.5. The first-order valence-electron chi connectivity index (χ1n) is 8.64. The number of rotatable bonds is 5. The second-order valence-electron chi connectivity index (χ2n) is 6.73. The van der Waals surface area contributed by atoms with Crippen LogP contribution in [-0.2, 0) is 9.84 Å². The highest BCUT2D eigenvalue weighted by Gasteiger charge is 2.31. The van der Waals surface area contributed by atoms with Gasteiger partial charge in [-0.05, 0) is 43.2 Å². The zero-order valence-electron chi connectivity index (χ0n) is 15.6. The molecule has 3 rings (SSSR count). The topological polar surface area (TPSA) is 88.6 Å². The predicted octanol–water partition coefficient (Wildman–Crippen LogP) is 2.27. The van der Waals surface area contributed by atoms with Crippen LogP contribution in [0.1, 0.15) is 22.3 Å². The molecule has 1 unspecified atom stereocenters. The Morgan fingerprint density at radius 3 is 2.67 bits per heavy atom. The highest BCUT2D eigenvalue weighted by molar-refractivity contribution is 7.91. The summed E-state index contributed by atoms with van der Waals surface area (Å²) in [6.45, 7) is 1.94. The molecule has 1 aromatic carbocycles. The number of pyridine rings is 1. The van der Waals surface area contributed by atoms with Gasteiger partial charge >= 0.3 is 0 Å². The number of hydrogen-bond donors (Lipinski definition) is 1. The van der Waals surface area contributed by atoms with E-state index >= 15 is 0 Å². The largest absolute Gasteiger partial charge is 0.495 e. The number of anilines is 2. The number of hydrogen-bond acceptors (Lipinski definition) is 6. The van der Waals surface area contributed by atoms with Crippen LogP contribution in [0, 0.1) is 6.92 Å². The minimum Gasteiger partial charge on any atom is -0.495 e. The van der Waals surface area contributed by atoms with E-state index in [4.69, 9.17) is 4.74 Å². The summed E-state index contributed by atoms with van der Waals surface area (Å²) < 4.78 is 28.6. The van der Waals surface area contributed by atoms with Crippen LogP contribution in [0.2, 0.25) is 0 Å². The van der Waals surface area contributed by atoms with Crippen LogP contribution in [0.4, 0.5) is 11.5 Å². The van der Waals surface area contributed by atoms with Crippen LogP contribution < -0.4 is 15.0 Å². The van der Waals surface area contributed by atoms with Crippen LogP contribution in [0.5, 0.6) is 5.75 Å². The Morgan fingerprint density at radius 2 is 2.07 bits per heavy atom. The van der Waals surface area contributed by atoms with Gasteiger partial charge in [-0.2, -0.15) is 0 Å². The molecule has 1 aliphatic rings. The summed E-state index contributed by atoms with van der Waals surface area (Å²) in [6, 6.07) is 8.87. The standard InChI is InChI=1S/C19H23N3O4S/c1-13-4-6-17(26-3)16(10-13)21-19(23)14-5-7-18(20-11-14)22(2)15-8-9-27(24,25)12-15/h4-7,10-11,15H,8-9,12H2,1-3H3,(H,21,23). The van der Waals surface area contributed by atoms with E-state index in [1.54, 1.807) is 25.3 Å². The van der Waals surface area contributed by atoms with Crippen LogP contribution in [0.25, 0.3) is 0 Å². The van der Waals surface area contributed by atoms with Crippen molar-refractivity contribution >= 4 is 27.2 Å². The van der Waals surface area contributed by atoms with Gasteiger partial charge in [0.1, 0.15) is 11.6 Å². The Bertz CT molecular complexity index is 942. The molecule has 7 nitrogen and oxygen atoms in total. The SMILES string of the molecule is COc1ccc(C)cc1NC(=O)c1ccc(N(C)C2CCS(=O)(=O)C2)nc1. The normalized spacial score (nSPS) is 18.1. The first-order chi connectivity index (χ1) is 12.8. The van der Waals surface area contributed by atoms with E-state index < -0.39 is 9.84 Å². The van der Waals surface area contributed by atoms with Crippen molar-refractivity contribution in [2.45, 2.75) is 19.4 Å². The van der Waals surface area contributed by atoms with E-state index in [0.29, 0.717) is 29.2 Å². The Hall–Kier alpha value is -2.61. The molecule has 1 N–H and O–H groups in total. The predicted molar refractivity (Wildman–Crippen MR) is 105 cm³/mol. The van der Waals surface area contributed by atoms with Crippen molar-refractivity contribution in [3.63, 3.8) is 0 Å². The fraction of sp³-hybridized carbons (Fsp3) is 0.368. The summed E-state index contributed by atoms with van der Waals surface area (Å²) in [5.74, 6) is 1.29. The number of nitrogens with one attached hydrogen (secondary N) is 1. The Balaban J connectivity index is 1.72. The number of carbonyl (C=O) groups excluding carboxylic acids is 1. The van der Waals surface area contributed by atoms with Gasteiger partial charge in [0.25, 0.3) is 5.91 Å². The lowest BCUT2D eigenvalue weighted by Gasteiger charge is -2.24. The van der Waals surface area contributed by atoms with Gasteiger partial charge in [0, 0.05) is 19.3 Å². The van der Waals surface area contributed by atoms with Gasteiger partial charge < -0.3 is 15.0 Å². The third kappa shape index (κ3) is 4.39. The summed E-state index contributed by atoms with van der Waals surface area (Å²) in [7, 11) is 0.416. The molecule has 1 amide bonds. The number of benzene rings is 1. The average molecular weight is 389 g/mol. The maximum absolute atomic E-state index is 12.5. The second kappa shape index (κ2) is 7.56. The van der Waals surface area contributed by atoms with Gasteiger partial charge in [0.2, 0.25) is 0 Å². The third-order valence-electron chi connectivity index (χ3n) is 4.73. The van der Waals surface area contributed by atoms with E-state index in [0.717, 1.165) is 5.56 Å². The fourth-order valence-electron chi connectivity index (χ4n) is 3.11. The highest BCUT2D eigenvalue weighted by Crippen LogP contribution is 2.26. The zero-order valence-corrected chi connectivity index (χ0v) is 16.4. The first kappa shape index (κ1) is 19.2. The molecule has 2 heterocycles. The van der Waals surface area contributed by atoms with Crippen molar-refractivity contribution in [1.29, 1.82) is 0 Å². The van der Waals surface area contributed by atoms with E-state index in [1.165, 1.54) is 6.20 Å². The Kier molecular flexibility index (Phi) is 5.36. The number of sulfone groups is 1. The van der Waals surface area contributed by atoms with Gasteiger partial charge in [0.05, 0.1) is 29.9 Å². The molecule has 1 atom stereocenters. The molecule has 0 bridgehead atoms. The van der Waals surface area contributed by atoms with Crippen LogP contribution in [0.3, 0.4) is 0 Å². The van der Waals surface area contributed by atoms with Crippen molar-refractivity contribution in [2.24, 2.45) is 0 Å². The number of methoxy groups -OCH3 is 1. The molecule has 27 heavy (non-hydrogen) atoms. The average Bonchev–Trinajstić information content (AvgIpc) is 3.01. The lowest BCUT2D eigenvalue weighted by atomic mass is 10.2. The van der Waals surface area contributed by atoms with Crippen LogP contribution in [0.15, 0.2) is 36.5 Å². The number of nitrogens with zero attached hydrogens (tertiary/aromatic N) is 2. The number of aryl methyl sites for hydroxylation is 1. The van der Waals surface area contributed by atoms with Crippen molar-refractivity contribution in [1.82, 2.24) is 4.98 Å². The zero-order chi connectivity index (χ0) is 19.6. The van der Waals surface area contributed by atoms with Crippen molar-refractivity contribution in [3.8, 4) is 5.75 Å². The lowest BCUT2D eigenvalue weighted by molar-refractivity contribution is 0.102. The number of aromatic nitrogens is 1. The second-order valence-corrected chi connectivity index (χ2v) is 8.96. The molecule has 8 heteroatoms. The number of ether oxygens (including phenoxy) is 1. The van der Waals surface area contributed by atoms with Gasteiger partial charge in [0.15, 0.2) is 9.84 Å². The molecule has 2 aromatic rings. The third-order valence-corrected chi connectivity index (χ3v) is 6.48. The van der Waals surface area contributed by atoms with Gasteiger partial charge in [-0.25, -0.2) is 13.4 Å². The Morgan fingerprint density at radius 1 is 1.30 bits per heavy atom. The van der Waals surface area contributed by atoms with Crippen LogP contribution in [-0.4, -0.2) is 51.0 Å². The minimum atomic E-state index is -2.96. The van der Waals surface area contributed by atoms with Gasteiger partial charge in [-0.15, -0.1) is 0 Å². The molecule has 1 fully saturated rings. The van der Waals surface area contributed by atoms with Crippen LogP contribution >= 0.6 is 0 Å². The van der Waals surface area contributed by atoms with Crippen molar-refractivity contribution in [3.05, 3.63) is 47.7 Å². The highest BCUT2D eigenvalue weighted by atomic mass is 32.2. The minimum absolute atomic E-state index is 0.0845. The summed E-state index contributed by atoms with van der Waals surface area (Å²) in [5.41, 5.74) is 2.02. The summed E-state index contributed by atoms with van der Waals surface area (Å²) in [6.07, 6.45) is 2.09. The van der Waals surface area contributed by atoms with Gasteiger partial charge in [-0.3, -0.25) is 4.79 Å². The van der Waals surface area contributed by atoms with Gasteiger partial charge in [-0.1, -0.05) is 6.07 Å². The van der Waals surface area contributed by atoms with Crippen molar-refractivity contribution in [2.75, 3.05) is 35.9 Å². The van der Waals surface area contributed by atoms with E-state index in [-0.39, 0.29) is 23.5 Å². The molecule has 144 valence electrons. The molecular weight excluding hydrogens is 366 g/mol. The molecule has 1 saturated heterocycles. The summed E-state index contributed by atoms with van der Waals surface area (Å²) >= 11 is 0. The smallest absolute Gasteiger partial charge is 0.257 e. The van der Waals surface area contributed by atoms with E-state index in [1.807, 2.05) is 31.0 Å². The molecule has 0 saturated carbocycles. The van der Waals surface area contributed by atoms with E-state index in [9.17, 15) is 13.2 Å². The quantitative estimate of drug-likeness (QED) is 0.844. The lowest BCUT2D eigenvalue weighted by Crippen LogP contribution is -2.33. The molecule has 0 aliphatic carbocycles. The number of carbonyl (C=O) groups is 1. The summed E-state index contributed by atoms with van der Waals surface area (Å²) in [5, 5.41) is 2.84. The fourth-order valence-corrected chi connectivity index (χ4v) is 4.89. The molecule has 0 spiro atoms. The van der Waals surface area contributed by atoms with E-state index in [2.05, 4.69) is 10.3 Å². The first-order valence-corrected chi connectivity index (χ1v) is 10.5. The summed E-state index contributed by atoms with van der Waals surface area (Å²) in [4.78, 5) is 18.7. The number of amides is 1. The Labute approximate surface area is 159 Å². The molecular formula is C19H23N3O4S. The molecule has 0 radical (unpaired) electrons. The monoisotopic (exact) mass is 389 g/mol.